The first-order chi connectivity index (χ1) is 13.0. The standard InChI is InChI=1S/C19H25N5O3/c1-21-13-17(25)24(19(21)27)15-6-2-5-14(11-15)20-18(26)23-10-4-9-22-8-3-7-16(22)12-23/h2,5-6,11,16H,3-4,7-10,12-13H2,1H3,(H,20,26)/t16-/m0/s1. The van der Waals surface area contributed by atoms with Gasteiger partial charge in [0.05, 0.1) is 5.69 Å². The Hall–Kier alpha value is -2.61. The van der Waals surface area contributed by atoms with Gasteiger partial charge in [0.1, 0.15) is 6.54 Å². The summed E-state index contributed by atoms with van der Waals surface area (Å²) < 4.78 is 0. The number of carbonyl (C=O) groups excluding carboxylic acids is 3. The SMILES string of the molecule is CN1CC(=O)N(c2cccc(NC(=O)N3CCCN4CCC[C@H]4C3)c2)C1=O. The highest BCUT2D eigenvalue weighted by Crippen LogP contribution is 2.25. The summed E-state index contributed by atoms with van der Waals surface area (Å²) in [5, 5.41) is 2.93. The molecule has 0 saturated carbocycles. The first-order valence-corrected chi connectivity index (χ1v) is 9.51. The van der Waals surface area contributed by atoms with E-state index in [2.05, 4.69) is 10.2 Å². The summed E-state index contributed by atoms with van der Waals surface area (Å²) in [6.07, 6.45) is 3.33. The molecule has 1 aromatic rings. The fourth-order valence-electron chi connectivity index (χ4n) is 4.19. The maximum atomic E-state index is 12.8. The largest absolute Gasteiger partial charge is 0.331 e. The Morgan fingerprint density at radius 2 is 1.96 bits per heavy atom. The zero-order valence-electron chi connectivity index (χ0n) is 15.6. The van der Waals surface area contributed by atoms with E-state index in [0.717, 1.165) is 43.9 Å². The molecule has 1 atom stereocenters. The van der Waals surface area contributed by atoms with Crippen molar-refractivity contribution in [2.24, 2.45) is 0 Å². The van der Waals surface area contributed by atoms with Gasteiger partial charge < -0.3 is 15.1 Å². The molecule has 3 aliphatic heterocycles. The van der Waals surface area contributed by atoms with Gasteiger partial charge in [-0.1, -0.05) is 6.07 Å². The molecule has 0 spiro atoms. The molecular weight excluding hydrogens is 346 g/mol. The highest BCUT2D eigenvalue weighted by atomic mass is 16.2. The summed E-state index contributed by atoms with van der Waals surface area (Å²) in [4.78, 5) is 43.9. The minimum absolute atomic E-state index is 0.0705. The first kappa shape index (κ1) is 17.8. The number of urea groups is 2. The molecule has 3 saturated heterocycles. The Labute approximate surface area is 158 Å². The van der Waals surface area contributed by atoms with Crippen LogP contribution in [0.3, 0.4) is 0 Å². The molecular formula is C19H25N5O3. The van der Waals surface area contributed by atoms with Crippen LogP contribution in [0.25, 0.3) is 0 Å². The van der Waals surface area contributed by atoms with Crippen molar-refractivity contribution >= 4 is 29.3 Å². The zero-order valence-corrected chi connectivity index (χ0v) is 15.6. The molecule has 1 aromatic carbocycles. The normalized spacial score (nSPS) is 23.6. The molecule has 3 aliphatic rings. The van der Waals surface area contributed by atoms with Gasteiger partial charge in [-0.3, -0.25) is 9.69 Å². The van der Waals surface area contributed by atoms with E-state index >= 15 is 0 Å². The highest BCUT2D eigenvalue weighted by Gasteiger charge is 2.35. The van der Waals surface area contributed by atoms with Crippen molar-refractivity contribution in [1.82, 2.24) is 14.7 Å². The van der Waals surface area contributed by atoms with Crippen LogP contribution in [0, 0.1) is 0 Å². The number of nitrogens with zero attached hydrogens (tertiary/aromatic N) is 4. The van der Waals surface area contributed by atoms with Crippen LogP contribution in [-0.4, -0.2) is 78.5 Å². The average Bonchev–Trinajstić information content (AvgIpc) is 3.11. The number of anilines is 2. The number of benzene rings is 1. The second-order valence-electron chi connectivity index (χ2n) is 7.48. The van der Waals surface area contributed by atoms with Crippen molar-refractivity contribution in [2.45, 2.75) is 25.3 Å². The van der Waals surface area contributed by atoms with Crippen molar-refractivity contribution in [2.75, 3.05) is 50.0 Å². The Morgan fingerprint density at radius 3 is 2.74 bits per heavy atom. The van der Waals surface area contributed by atoms with Crippen LogP contribution in [0.15, 0.2) is 24.3 Å². The number of hydrogen-bond acceptors (Lipinski definition) is 4. The van der Waals surface area contributed by atoms with Crippen LogP contribution >= 0.6 is 0 Å². The lowest BCUT2D eigenvalue weighted by atomic mass is 10.2. The number of carbonyl (C=O) groups is 3. The lowest BCUT2D eigenvalue weighted by Crippen LogP contribution is -2.41. The third-order valence-corrected chi connectivity index (χ3v) is 5.59. The highest BCUT2D eigenvalue weighted by molar-refractivity contribution is 6.19. The molecule has 0 aliphatic carbocycles. The Balaban J connectivity index is 1.46. The van der Waals surface area contributed by atoms with Gasteiger partial charge in [0, 0.05) is 38.4 Å². The van der Waals surface area contributed by atoms with Crippen molar-refractivity contribution < 1.29 is 14.4 Å². The molecule has 144 valence electrons. The summed E-state index contributed by atoms with van der Waals surface area (Å²) in [7, 11) is 1.59. The van der Waals surface area contributed by atoms with E-state index < -0.39 is 0 Å². The van der Waals surface area contributed by atoms with Crippen molar-refractivity contribution in [3.8, 4) is 0 Å². The van der Waals surface area contributed by atoms with Gasteiger partial charge in [0.25, 0.3) is 5.91 Å². The van der Waals surface area contributed by atoms with E-state index in [1.807, 2.05) is 4.90 Å². The number of rotatable bonds is 2. The number of amides is 5. The van der Waals surface area contributed by atoms with E-state index in [9.17, 15) is 14.4 Å². The Morgan fingerprint density at radius 1 is 1.15 bits per heavy atom. The molecule has 4 rings (SSSR count). The second-order valence-corrected chi connectivity index (χ2v) is 7.48. The van der Waals surface area contributed by atoms with Gasteiger partial charge in [0.15, 0.2) is 0 Å². The van der Waals surface area contributed by atoms with Crippen molar-refractivity contribution in [3.05, 3.63) is 24.3 Å². The lowest BCUT2D eigenvalue weighted by Gasteiger charge is -2.26. The Bertz CT molecular complexity index is 767. The van der Waals surface area contributed by atoms with Crippen LogP contribution in [0.2, 0.25) is 0 Å². The summed E-state index contributed by atoms with van der Waals surface area (Å²) in [5.74, 6) is -0.264. The van der Waals surface area contributed by atoms with Gasteiger partial charge in [0.2, 0.25) is 0 Å². The van der Waals surface area contributed by atoms with Gasteiger partial charge in [-0.2, -0.15) is 0 Å². The molecule has 0 radical (unpaired) electrons. The van der Waals surface area contributed by atoms with Gasteiger partial charge in [-0.25, -0.2) is 14.5 Å². The predicted molar refractivity (Wildman–Crippen MR) is 102 cm³/mol. The molecule has 0 bridgehead atoms. The topological polar surface area (TPSA) is 76.2 Å². The molecule has 1 N–H and O–H groups in total. The number of hydrogen-bond donors (Lipinski definition) is 1. The minimum atomic E-state index is -0.350. The van der Waals surface area contributed by atoms with Crippen LogP contribution in [-0.2, 0) is 4.79 Å². The third kappa shape index (κ3) is 3.49. The fourth-order valence-corrected chi connectivity index (χ4v) is 4.19. The van der Waals surface area contributed by atoms with Crippen LogP contribution in [0.5, 0.6) is 0 Å². The van der Waals surface area contributed by atoms with E-state index in [1.165, 1.54) is 11.3 Å². The second kappa shape index (κ2) is 7.19. The first-order valence-electron chi connectivity index (χ1n) is 9.51. The van der Waals surface area contributed by atoms with E-state index in [-0.39, 0.29) is 24.5 Å². The minimum Gasteiger partial charge on any atom is -0.323 e. The molecule has 0 aromatic heterocycles. The average molecular weight is 371 g/mol. The summed E-state index contributed by atoms with van der Waals surface area (Å²) >= 11 is 0. The molecule has 27 heavy (non-hydrogen) atoms. The van der Waals surface area contributed by atoms with Crippen LogP contribution < -0.4 is 10.2 Å². The van der Waals surface area contributed by atoms with Gasteiger partial charge in [-0.15, -0.1) is 0 Å². The van der Waals surface area contributed by atoms with Gasteiger partial charge in [-0.05, 0) is 44.0 Å². The monoisotopic (exact) mass is 371 g/mol. The molecule has 5 amide bonds. The molecule has 8 heteroatoms. The maximum Gasteiger partial charge on any atom is 0.331 e. The van der Waals surface area contributed by atoms with Crippen LogP contribution in [0.1, 0.15) is 19.3 Å². The summed E-state index contributed by atoms with van der Waals surface area (Å²) in [6.45, 7) is 3.75. The molecule has 3 fully saturated rings. The lowest BCUT2D eigenvalue weighted by molar-refractivity contribution is -0.116. The van der Waals surface area contributed by atoms with Gasteiger partial charge >= 0.3 is 12.1 Å². The number of imide groups is 1. The van der Waals surface area contributed by atoms with Crippen molar-refractivity contribution in [1.29, 1.82) is 0 Å². The molecule has 8 nitrogen and oxygen atoms in total. The zero-order chi connectivity index (χ0) is 19.0. The van der Waals surface area contributed by atoms with Crippen LogP contribution in [0.4, 0.5) is 21.0 Å². The molecule has 0 unspecified atom stereocenters. The molecule has 3 heterocycles. The predicted octanol–water partition coefficient (Wildman–Crippen LogP) is 1.79. The number of nitrogens with one attached hydrogen (secondary N) is 1. The number of fused-ring (bicyclic) bond motifs is 1. The smallest absolute Gasteiger partial charge is 0.323 e. The summed E-state index contributed by atoms with van der Waals surface area (Å²) in [6, 6.07) is 6.87. The quantitative estimate of drug-likeness (QED) is 0.804. The third-order valence-electron chi connectivity index (χ3n) is 5.59. The van der Waals surface area contributed by atoms with E-state index in [0.29, 0.717) is 17.4 Å². The maximum absolute atomic E-state index is 12.8. The van der Waals surface area contributed by atoms with E-state index in [4.69, 9.17) is 0 Å². The Kier molecular flexibility index (Phi) is 4.73. The summed E-state index contributed by atoms with van der Waals surface area (Å²) in [5.41, 5.74) is 1.06. The fraction of sp³-hybridized carbons (Fsp3) is 0.526. The van der Waals surface area contributed by atoms with E-state index in [1.54, 1.807) is 31.3 Å². The van der Waals surface area contributed by atoms with Crippen molar-refractivity contribution in [3.63, 3.8) is 0 Å². The number of likely N-dealkylation sites (N-methyl/N-ethyl adjacent to an activating group) is 1.